The summed E-state index contributed by atoms with van der Waals surface area (Å²) < 4.78 is 0. The van der Waals surface area contributed by atoms with E-state index in [-0.39, 0.29) is 5.91 Å². The normalized spacial score (nSPS) is 11.8. The fourth-order valence-electron chi connectivity index (χ4n) is 0.991. The number of carbonyl (C=O) groups excluding carboxylic acids is 1. The molecule has 0 bridgehead atoms. The minimum absolute atomic E-state index is 0.222. The van der Waals surface area contributed by atoms with Crippen LogP contribution >= 0.6 is 0 Å². The lowest BCUT2D eigenvalue weighted by atomic mass is 10.2. The van der Waals surface area contributed by atoms with Crippen molar-refractivity contribution in [3.8, 4) is 0 Å². The first kappa shape index (κ1) is 11.1. The van der Waals surface area contributed by atoms with Crippen molar-refractivity contribution in [3.05, 3.63) is 60.2 Å². The van der Waals surface area contributed by atoms with E-state index in [1.165, 1.54) is 6.21 Å². The zero-order valence-electron chi connectivity index (χ0n) is 8.63. The van der Waals surface area contributed by atoms with Crippen molar-refractivity contribution in [2.75, 3.05) is 0 Å². The molecule has 15 heavy (non-hydrogen) atoms. The molecule has 2 heteroatoms. The van der Waals surface area contributed by atoms with Crippen molar-refractivity contribution in [1.82, 2.24) is 0 Å². The van der Waals surface area contributed by atoms with Gasteiger partial charge in [-0.25, -0.2) is 4.99 Å². The molecule has 2 nitrogen and oxygen atoms in total. The standard InChI is InChI=1S/C13H13NO/c1-2-3-4-8-11-14-13(15)12-9-6-5-7-10-12/h2-11H,1H3/b3-2+,8-4+,14-11?. The van der Waals surface area contributed by atoms with Crippen molar-refractivity contribution in [2.24, 2.45) is 4.99 Å². The maximum Gasteiger partial charge on any atom is 0.276 e. The fraction of sp³-hybridized carbons (Fsp3) is 0.0769. The molecule has 0 saturated heterocycles. The summed E-state index contributed by atoms with van der Waals surface area (Å²) in [4.78, 5) is 15.2. The Hall–Kier alpha value is -1.96. The van der Waals surface area contributed by atoms with Crippen LogP contribution in [0.2, 0.25) is 0 Å². The van der Waals surface area contributed by atoms with E-state index in [1.807, 2.05) is 43.4 Å². The van der Waals surface area contributed by atoms with Crippen molar-refractivity contribution < 1.29 is 4.79 Å². The number of aliphatic imine (C=N–C) groups is 1. The molecular formula is C13H13NO. The monoisotopic (exact) mass is 199 g/mol. The first-order chi connectivity index (χ1) is 7.34. The van der Waals surface area contributed by atoms with Crippen LogP contribution in [0, 0.1) is 0 Å². The van der Waals surface area contributed by atoms with E-state index in [4.69, 9.17) is 0 Å². The van der Waals surface area contributed by atoms with Gasteiger partial charge in [-0.05, 0) is 25.1 Å². The fourth-order valence-corrected chi connectivity index (χ4v) is 0.991. The second-order valence-corrected chi connectivity index (χ2v) is 2.86. The largest absolute Gasteiger partial charge is 0.276 e. The summed E-state index contributed by atoms with van der Waals surface area (Å²) in [7, 11) is 0. The van der Waals surface area contributed by atoms with Gasteiger partial charge in [-0.3, -0.25) is 4.79 Å². The average Bonchev–Trinajstić information content (AvgIpc) is 2.30. The highest BCUT2D eigenvalue weighted by atomic mass is 16.1. The van der Waals surface area contributed by atoms with Gasteiger partial charge in [0.2, 0.25) is 0 Å². The average molecular weight is 199 g/mol. The second kappa shape index (κ2) is 6.49. The number of hydrogen-bond donors (Lipinski definition) is 0. The number of carbonyl (C=O) groups is 1. The van der Waals surface area contributed by atoms with Crippen LogP contribution in [0.25, 0.3) is 0 Å². The summed E-state index contributed by atoms with van der Waals surface area (Å²) in [5, 5.41) is 0. The predicted octanol–water partition coefficient (Wildman–Crippen LogP) is 3.03. The Morgan fingerprint density at radius 3 is 2.53 bits per heavy atom. The first-order valence-corrected chi connectivity index (χ1v) is 4.76. The number of nitrogens with zero attached hydrogens (tertiary/aromatic N) is 1. The predicted molar refractivity (Wildman–Crippen MR) is 63.2 cm³/mol. The Morgan fingerprint density at radius 2 is 1.87 bits per heavy atom. The molecule has 0 radical (unpaired) electrons. The van der Waals surface area contributed by atoms with Gasteiger partial charge in [0.15, 0.2) is 0 Å². The van der Waals surface area contributed by atoms with E-state index in [2.05, 4.69) is 4.99 Å². The maximum atomic E-state index is 11.4. The molecule has 0 saturated carbocycles. The quantitative estimate of drug-likeness (QED) is 0.543. The summed E-state index contributed by atoms with van der Waals surface area (Å²) >= 11 is 0. The van der Waals surface area contributed by atoms with Crippen LogP contribution in [-0.4, -0.2) is 12.1 Å². The van der Waals surface area contributed by atoms with Gasteiger partial charge in [-0.15, -0.1) is 0 Å². The molecule has 0 aliphatic rings. The molecule has 0 N–H and O–H groups in total. The van der Waals surface area contributed by atoms with E-state index in [9.17, 15) is 4.79 Å². The minimum Gasteiger partial charge on any atom is -0.267 e. The van der Waals surface area contributed by atoms with Crippen molar-refractivity contribution in [3.63, 3.8) is 0 Å². The van der Waals surface area contributed by atoms with Gasteiger partial charge >= 0.3 is 0 Å². The molecular weight excluding hydrogens is 186 g/mol. The Labute approximate surface area is 89.7 Å². The molecule has 0 spiro atoms. The van der Waals surface area contributed by atoms with Gasteiger partial charge in [0.25, 0.3) is 5.91 Å². The first-order valence-electron chi connectivity index (χ1n) is 4.76. The van der Waals surface area contributed by atoms with Gasteiger partial charge in [0.05, 0.1) is 0 Å². The van der Waals surface area contributed by atoms with Crippen LogP contribution in [0.3, 0.4) is 0 Å². The Morgan fingerprint density at radius 1 is 1.13 bits per heavy atom. The van der Waals surface area contributed by atoms with E-state index >= 15 is 0 Å². The lowest BCUT2D eigenvalue weighted by molar-refractivity contribution is 0.100. The maximum absolute atomic E-state index is 11.4. The topological polar surface area (TPSA) is 29.4 Å². The number of allylic oxidation sites excluding steroid dienone is 4. The van der Waals surface area contributed by atoms with Crippen LogP contribution in [0.4, 0.5) is 0 Å². The molecule has 1 amide bonds. The van der Waals surface area contributed by atoms with Crippen LogP contribution in [0.15, 0.2) is 59.6 Å². The molecule has 0 aliphatic carbocycles. The van der Waals surface area contributed by atoms with Gasteiger partial charge in [-0.2, -0.15) is 0 Å². The molecule has 1 rings (SSSR count). The van der Waals surface area contributed by atoms with E-state index < -0.39 is 0 Å². The zero-order chi connectivity index (χ0) is 10.9. The molecule has 0 unspecified atom stereocenters. The van der Waals surface area contributed by atoms with E-state index in [0.29, 0.717) is 5.56 Å². The molecule has 76 valence electrons. The summed E-state index contributed by atoms with van der Waals surface area (Å²) in [6.07, 6.45) is 8.82. The van der Waals surface area contributed by atoms with Crippen molar-refractivity contribution in [1.29, 1.82) is 0 Å². The second-order valence-electron chi connectivity index (χ2n) is 2.86. The minimum atomic E-state index is -0.222. The van der Waals surface area contributed by atoms with Gasteiger partial charge in [0, 0.05) is 11.8 Å². The van der Waals surface area contributed by atoms with Crippen LogP contribution in [0.5, 0.6) is 0 Å². The Kier molecular flexibility index (Phi) is 4.81. The molecule has 0 aromatic heterocycles. The number of hydrogen-bond acceptors (Lipinski definition) is 1. The van der Waals surface area contributed by atoms with Crippen LogP contribution in [-0.2, 0) is 0 Å². The van der Waals surface area contributed by atoms with Crippen molar-refractivity contribution >= 4 is 12.1 Å². The summed E-state index contributed by atoms with van der Waals surface area (Å²) in [5.41, 5.74) is 0.605. The summed E-state index contributed by atoms with van der Waals surface area (Å²) in [5.74, 6) is -0.222. The lowest BCUT2D eigenvalue weighted by Gasteiger charge is -1.91. The molecule has 1 aromatic carbocycles. The highest BCUT2D eigenvalue weighted by Gasteiger charge is 1.98. The zero-order valence-corrected chi connectivity index (χ0v) is 8.63. The Balaban J connectivity index is 2.57. The third kappa shape index (κ3) is 4.18. The van der Waals surface area contributed by atoms with Gasteiger partial charge < -0.3 is 0 Å². The van der Waals surface area contributed by atoms with Gasteiger partial charge in [-0.1, -0.05) is 36.4 Å². The van der Waals surface area contributed by atoms with Gasteiger partial charge in [0.1, 0.15) is 0 Å². The van der Waals surface area contributed by atoms with Crippen LogP contribution in [0.1, 0.15) is 17.3 Å². The van der Waals surface area contributed by atoms with E-state index in [1.54, 1.807) is 18.2 Å². The number of rotatable bonds is 3. The SMILES string of the molecule is C/C=C/C=C/C=NC(=O)c1ccccc1. The lowest BCUT2D eigenvalue weighted by Crippen LogP contribution is -1.93. The third-order valence-corrected chi connectivity index (χ3v) is 1.71. The summed E-state index contributed by atoms with van der Waals surface area (Å²) in [6.45, 7) is 1.93. The molecule has 1 aromatic rings. The highest BCUT2D eigenvalue weighted by molar-refractivity contribution is 6.00. The number of benzene rings is 1. The van der Waals surface area contributed by atoms with Crippen LogP contribution < -0.4 is 0 Å². The smallest absolute Gasteiger partial charge is 0.267 e. The molecule has 0 aliphatic heterocycles. The van der Waals surface area contributed by atoms with E-state index in [0.717, 1.165) is 0 Å². The Bertz CT molecular complexity index is 388. The number of amides is 1. The van der Waals surface area contributed by atoms with Crippen molar-refractivity contribution in [2.45, 2.75) is 6.92 Å². The summed E-state index contributed by atoms with van der Waals surface area (Å²) in [6, 6.07) is 8.99. The third-order valence-electron chi connectivity index (χ3n) is 1.71. The molecule has 0 fully saturated rings. The molecule has 0 heterocycles. The molecule has 0 atom stereocenters. The highest BCUT2D eigenvalue weighted by Crippen LogP contribution is 1.99.